The highest BCUT2D eigenvalue weighted by atomic mass is 79.9. The Morgan fingerprint density at radius 3 is 2.57 bits per heavy atom. The van der Waals surface area contributed by atoms with Crippen molar-refractivity contribution in [3.63, 3.8) is 0 Å². The van der Waals surface area contributed by atoms with Crippen LogP contribution in [0.4, 0.5) is 10.1 Å². The van der Waals surface area contributed by atoms with Gasteiger partial charge in [-0.25, -0.2) is 4.39 Å². The second-order valence-corrected chi connectivity index (χ2v) is 8.07. The van der Waals surface area contributed by atoms with Gasteiger partial charge in [-0.15, -0.1) is 0 Å². The summed E-state index contributed by atoms with van der Waals surface area (Å²) >= 11 is 6.73. The van der Waals surface area contributed by atoms with Gasteiger partial charge in [0.15, 0.2) is 0 Å². The minimum Gasteiger partial charge on any atom is -0.488 e. The van der Waals surface area contributed by atoms with E-state index in [1.54, 1.807) is 48.5 Å². The molecule has 0 radical (unpaired) electrons. The number of amides is 1. The molecule has 0 heterocycles. The summed E-state index contributed by atoms with van der Waals surface area (Å²) in [5.74, 6) is -0.417. The van der Waals surface area contributed by atoms with E-state index in [2.05, 4.69) is 37.2 Å². The highest BCUT2D eigenvalue weighted by Crippen LogP contribution is 2.27. The number of hydrogen-bond donors (Lipinski definition) is 1. The van der Waals surface area contributed by atoms with Gasteiger partial charge in [-0.2, -0.15) is 5.26 Å². The summed E-state index contributed by atoms with van der Waals surface area (Å²) in [6.45, 7) is 0.145. The van der Waals surface area contributed by atoms with E-state index in [-0.39, 0.29) is 18.0 Å². The molecule has 30 heavy (non-hydrogen) atoms. The van der Waals surface area contributed by atoms with Gasteiger partial charge < -0.3 is 10.1 Å². The minimum absolute atomic E-state index is 0.0799. The van der Waals surface area contributed by atoms with Gasteiger partial charge in [0, 0.05) is 20.2 Å². The summed E-state index contributed by atoms with van der Waals surface area (Å²) in [5.41, 5.74) is 1.69. The predicted octanol–water partition coefficient (Wildman–Crippen LogP) is 6.48. The number of nitrogens with one attached hydrogen (secondary N) is 1. The monoisotopic (exact) mass is 528 g/mol. The normalized spacial score (nSPS) is 10.9. The SMILES string of the molecule is N#C/C(=C/c1cc(Br)ccc1OCc1cccc(F)c1)C(=O)Nc1cccc(Br)c1. The first kappa shape index (κ1) is 21.8. The molecule has 1 N–H and O–H groups in total. The lowest BCUT2D eigenvalue weighted by Crippen LogP contribution is -2.13. The quantitative estimate of drug-likeness (QED) is 0.294. The molecular formula is C23H15Br2FN2O2. The molecule has 0 atom stereocenters. The van der Waals surface area contributed by atoms with E-state index >= 15 is 0 Å². The Morgan fingerprint density at radius 2 is 1.83 bits per heavy atom. The second-order valence-electron chi connectivity index (χ2n) is 6.24. The maximum absolute atomic E-state index is 13.4. The molecule has 150 valence electrons. The third-order valence-corrected chi connectivity index (χ3v) is 4.99. The van der Waals surface area contributed by atoms with E-state index in [9.17, 15) is 14.4 Å². The zero-order valence-corrected chi connectivity index (χ0v) is 18.7. The van der Waals surface area contributed by atoms with Gasteiger partial charge in [0.2, 0.25) is 0 Å². The Balaban J connectivity index is 1.83. The van der Waals surface area contributed by atoms with Crippen molar-refractivity contribution in [1.82, 2.24) is 0 Å². The number of carbonyl (C=O) groups is 1. The number of ether oxygens (including phenoxy) is 1. The van der Waals surface area contributed by atoms with Crippen molar-refractivity contribution >= 4 is 49.5 Å². The number of anilines is 1. The van der Waals surface area contributed by atoms with E-state index in [1.165, 1.54) is 18.2 Å². The van der Waals surface area contributed by atoms with Crippen LogP contribution in [0.1, 0.15) is 11.1 Å². The molecule has 0 spiro atoms. The Bertz CT molecular complexity index is 1160. The maximum Gasteiger partial charge on any atom is 0.266 e. The molecule has 3 rings (SSSR count). The molecule has 0 saturated carbocycles. The van der Waals surface area contributed by atoms with Crippen LogP contribution in [0.5, 0.6) is 5.75 Å². The highest BCUT2D eigenvalue weighted by molar-refractivity contribution is 9.10. The van der Waals surface area contributed by atoms with Crippen molar-refractivity contribution < 1.29 is 13.9 Å². The Kier molecular flexibility index (Phi) is 7.39. The van der Waals surface area contributed by atoms with Gasteiger partial charge in [-0.3, -0.25) is 4.79 Å². The molecule has 3 aromatic carbocycles. The summed E-state index contributed by atoms with van der Waals surface area (Å²) in [4.78, 5) is 12.6. The molecule has 0 unspecified atom stereocenters. The number of halogens is 3. The third kappa shape index (κ3) is 6.02. The topological polar surface area (TPSA) is 62.1 Å². The van der Waals surface area contributed by atoms with Crippen LogP contribution in [0.15, 0.2) is 81.2 Å². The zero-order chi connectivity index (χ0) is 21.5. The average molecular weight is 530 g/mol. The van der Waals surface area contributed by atoms with E-state index in [4.69, 9.17) is 4.74 Å². The van der Waals surface area contributed by atoms with Crippen LogP contribution in [0.3, 0.4) is 0 Å². The van der Waals surface area contributed by atoms with Crippen molar-refractivity contribution in [2.45, 2.75) is 6.61 Å². The van der Waals surface area contributed by atoms with Gasteiger partial charge in [0.1, 0.15) is 29.8 Å². The van der Waals surface area contributed by atoms with Gasteiger partial charge in [0.05, 0.1) is 0 Å². The average Bonchev–Trinajstić information content (AvgIpc) is 2.71. The van der Waals surface area contributed by atoms with E-state index in [0.717, 1.165) is 8.95 Å². The van der Waals surface area contributed by atoms with Crippen molar-refractivity contribution in [2.24, 2.45) is 0 Å². The van der Waals surface area contributed by atoms with Crippen LogP contribution in [0.25, 0.3) is 6.08 Å². The maximum atomic E-state index is 13.4. The van der Waals surface area contributed by atoms with Crippen LogP contribution in [-0.4, -0.2) is 5.91 Å². The first-order chi connectivity index (χ1) is 14.4. The summed E-state index contributed by atoms with van der Waals surface area (Å²) < 4.78 is 20.8. The fourth-order valence-electron chi connectivity index (χ4n) is 2.62. The number of rotatable bonds is 6. The van der Waals surface area contributed by atoms with Crippen LogP contribution >= 0.6 is 31.9 Å². The molecule has 0 aliphatic heterocycles. The predicted molar refractivity (Wildman–Crippen MR) is 121 cm³/mol. The molecule has 0 aliphatic carbocycles. The molecule has 0 aliphatic rings. The van der Waals surface area contributed by atoms with Crippen molar-refractivity contribution in [1.29, 1.82) is 5.26 Å². The molecule has 4 nitrogen and oxygen atoms in total. The van der Waals surface area contributed by atoms with Gasteiger partial charge in [0.25, 0.3) is 5.91 Å². The largest absolute Gasteiger partial charge is 0.488 e. The Labute approximate surface area is 190 Å². The summed E-state index contributed by atoms with van der Waals surface area (Å²) in [6, 6.07) is 20.4. The smallest absolute Gasteiger partial charge is 0.266 e. The number of carbonyl (C=O) groups excluding carboxylic acids is 1. The molecule has 0 fully saturated rings. The third-order valence-electron chi connectivity index (χ3n) is 4.00. The lowest BCUT2D eigenvalue weighted by Gasteiger charge is -2.11. The van der Waals surface area contributed by atoms with E-state index in [0.29, 0.717) is 22.6 Å². The van der Waals surface area contributed by atoms with Gasteiger partial charge >= 0.3 is 0 Å². The number of benzene rings is 3. The van der Waals surface area contributed by atoms with Gasteiger partial charge in [-0.1, -0.05) is 50.1 Å². The molecule has 3 aromatic rings. The fraction of sp³-hybridized carbons (Fsp3) is 0.0435. The minimum atomic E-state index is -0.536. The zero-order valence-electron chi connectivity index (χ0n) is 15.5. The fourth-order valence-corrected chi connectivity index (χ4v) is 3.40. The number of nitriles is 1. The van der Waals surface area contributed by atoms with Crippen LogP contribution in [-0.2, 0) is 11.4 Å². The molecular weight excluding hydrogens is 515 g/mol. The van der Waals surface area contributed by atoms with Crippen LogP contribution in [0.2, 0.25) is 0 Å². The first-order valence-electron chi connectivity index (χ1n) is 8.80. The number of hydrogen-bond acceptors (Lipinski definition) is 3. The molecule has 0 saturated heterocycles. The lowest BCUT2D eigenvalue weighted by atomic mass is 10.1. The molecule has 0 aromatic heterocycles. The lowest BCUT2D eigenvalue weighted by molar-refractivity contribution is -0.112. The van der Waals surface area contributed by atoms with E-state index in [1.807, 2.05) is 12.1 Å². The first-order valence-corrected chi connectivity index (χ1v) is 10.4. The van der Waals surface area contributed by atoms with Crippen molar-refractivity contribution in [3.8, 4) is 11.8 Å². The van der Waals surface area contributed by atoms with Crippen molar-refractivity contribution in [3.05, 3.63) is 98.2 Å². The molecule has 0 bridgehead atoms. The summed E-state index contributed by atoms with van der Waals surface area (Å²) in [6.07, 6.45) is 1.46. The molecule has 1 amide bonds. The van der Waals surface area contributed by atoms with Gasteiger partial charge in [-0.05, 0) is 60.2 Å². The Morgan fingerprint density at radius 1 is 1.07 bits per heavy atom. The number of nitrogens with zero attached hydrogens (tertiary/aromatic N) is 1. The standard InChI is InChI=1S/C23H15Br2FN2O2/c24-18-4-2-6-21(12-18)28-23(29)17(13-27)10-16-11-19(25)7-8-22(16)30-14-15-3-1-5-20(26)9-15/h1-12H,14H2,(H,28,29)/b17-10-. The summed E-state index contributed by atoms with van der Waals surface area (Å²) in [5, 5.41) is 12.2. The second kappa shape index (κ2) is 10.2. The highest BCUT2D eigenvalue weighted by Gasteiger charge is 2.12. The summed E-state index contributed by atoms with van der Waals surface area (Å²) in [7, 11) is 0. The molecule has 7 heteroatoms. The van der Waals surface area contributed by atoms with Crippen LogP contribution in [0, 0.1) is 17.1 Å². The Hall–Kier alpha value is -2.95. The van der Waals surface area contributed by atoms with Crippen LogP contribution < -0.4 is 10.1 Å². The van der Waals surface area contributed by atoms with Crippen molar-refractivity contribution in [2.75, 3.05) is 5.32 Å². The van der Waals surface area contributed by atoms with E-state index < -0.39 is 5.91 Å².